The molecule has 1 N–H and O–H groups in total. The fourth-order valence-electron chi connectivity index (χ4n) is 3.64. The Morgan fingerprint density at radius 1 is 0.967 bits per heavy atom. The van der Waals surface area contributed by atoms with Crippen LogP contribution >= 0.6 is 23.5 Å². The molecule has 3 atom stereocenters. The number of anilines is 1. The Balaban J connectivity index is 1.43. The molecule has 7 heteroatoms. The van der Waals surface area contributed by atoms with E-state index in [1.807, 2.05) is 42.4 Å². The van der Waals surface area contributed by atoms with Crippen molar-refractivity contribution in [1.29, 1.82) is 0 Å². The smallest absolute Gasteiger partial charge is 0.168 e. The van der Waals surface area contributed by atoms with Gasteiger partial charge in [0.15, 0.2) is 5.50 Å². The van der Waals surface area contributed by atoms with E-state index < -0.39 is 0 Å². The van der Waals surface area contributed by atoms with E-state index in [9.17, 15) is 0 Å². The van der Waals surface area contributed by atoms with Crippen molar-refractivity contribution in [2.75, 3.05) is 5.32 Å². The van der Waals surface area contributed by atoms with Crippen LogP contribution < -0.4 is 5.32 Å². The van der Waals surface area contributed by atoms with Gasteiger partial charge in [0.05, 0.1) is 10.9 Å². The minimum Gasteiger partial charge on any atom is -0.340 e. The lowest BCUT2D eigenvalue weighted by molar-refractivity contribution is 0.992. The Bertz CT molecular complexity index is 1090. The summed E-state index contributed by atoms with van der Waals surface area (Å²) < 4.78 is 0. The molecule has 0 saturated heterocycles. The highest BCUT2D eigenvalue weighted by atomic mass is 32.2. The fraction of sp³-hybridized carbons (Fsp3) is 0.217. The third-order valence-corrected chi connectivity index (χ3v) is 7.76. The van der Waals surface area contributed by atoms with E-state index in [-0.39, 0.29) is 10.7 Å². The van der Waals surface area contributed by atoms with Crippen LogP contribution in [0.2, 0.25) is 0 Å². The molecule has 0 fully saturated rings. The van der Waals surface area contributed by atoms with Crippen LogP contribution in [0, 0.1) is 0 Å². The highest BCUT2D eigenvalue weighted by Gasteiger charge is 2.33. The van der Waals surface area contributed by atoms with Crippen molar-refractivity contribution in [3.8, 4) is 0 Å². The number of nitrogens with one attached hydrogen (secondary N) is 1. The van der Waals surface area contributed by atoms with Crippen molar-refractivity contribution in [2.24, 2.45) is 9.98 Å². The SMILES string of the molecule is CC1=NC(Nc2ccccn2)SC1C1=Nc2ccccc2SC(c2ccncc2)C1. The van der Waals surface area contributed by atoms with Crippen LogP contribution in [0.4, 0.5) is 11.5 Å². The van der Waals surface area contributed by atoms with Gasteiger partial charge in [0.25, 0.3) is 0 Å². The summed E-state index contributed by atoms with van der Waals surface area (Å²) in [7, 11) is 0. The molecule has 0 aliphatic carbocycles. The maximum atomic E-state index is 5.12. The molecule has 3 aromatic rings. The van der Waals surface area contributed by atoms with Gasteiger partial charge in [0.1, 0.15) is 5.82 Å². The van der Waals surface area contributed by atoms with Gasteiger partial charge in [0, 0.05) is 46.6 Å². The third kappa shape index (κ3) is 4.13. The van der Waals surface area contributed by atoms with Crippen molar-refractivity contribution in [2.45, 2.75) is 34.2 Å². The summed E-state index contributed by atoms with van der Waals surface area (Å²) in [6.07, 6.45) is 6.41. The number of aliphatic imine (C=N–C) groups is 2. The minimum absolute atomic E-state index is 0.0573. The predicted octanol–water partition coefficient (Wildman–Crippen LogP) is 5.76. The minimum atomic E-state index is -0.0573. The number of benzene rings is 1. The van der Waals surface area contributed by atoms with Crippen molar-refractivity contribution in [3.63, 3.8) is 0 Å². The zero-order valence-corrected chi connectivity index (χ0v) is 18.1. The first-order chi connectivity index (χ1) is 14.8. The van der Waals surface area contributed by atoms with Crippen LogP contribution in [0.5, 0.6) is 0 Å². The van der Waals surface area contributed by atoms with Gasteiger partial charge < -0.3 is 5.32 Å². The van der Waals surface area contributed by atoms with E-state index in [0.717, 1.165) is 23.6 Å². The van der Waals surface area contributed by atoms with Crippen LogP contribution in [0.3, 0.4) is 0 Å². The number of para-hydroxylation sites is 1. The lowest BCUT2D eigenvalue weighted by Gasteiger charge is -2.19. The molecule has 0 saturated carbocycles. The Morgan fingerprint density at radius 2 is 1.80 bits per heavy atom. The van der Waals surface area contributed by atoms with Gasteiger partial charge in [-0.15, -0.1) is 11.8 Å². The Hall–Kier alpha value is -2.64. The molecule has 4 heterocycles. The van der Waals surface area contributed by atoms with Gasteiger partial charge in [0.2, 0.25) is 0 Å². The van der Waals surface area contributed by atoms with Crippen LogP contribution in [0.1, 0.15) is 24.2 Å². The second kappa shape index (κ2) is 8.62. The second-order valence-electron chi connectivity index (χ2n) is 7.16. The lowest BCUT2D eigenvalue weighted by atomic mass is 10.0. The molecule has 0 bridgehead atoms. The van der Waals surface area contributed by atoms with Gasteiger partial charge in [-0.1, -0.05) is 30.0 Å². The van der Waals surface area contributed by atoms with Crippen LogP contribution in [-0.2, 0) is 0 Å². The molecular formula is C23H21N5S2. The molecule has 3 unspecified atom stereocenters. The van der Waals surface area contributed by atoms with Crippen LogP contribution in [0.15, 0.2) is 88.1 Å². The summed E-state index contributed by atoms with van der Waals surface area (Å²) in [6, 6.07) is 18.5. The quantitative estimate of drug-likeness (QED) is 0.569. The average Bonchev–Trinajstić information content (AvgIpc) is 3.03. The number of aromatic nitrogens is 2. The number of fused-ring (bicyclic) bond motifs is 1. The standard InChI is InChI=1S/C23H21N5S2/c1-15-22(30-23(26-15)28-21-8-4-5-11-25-21)18-14-20(16-9-12-24-13-10-16)29-19-7-3-2-6-17(19)27-18/h2-13,20,22-23H,14H2,1H3,(H,25,28). The highest BCUT2D eigenvalue weighted by molar-refractivity contribution is 8.02. The first-order valence-corrected chi connectivity index (χ1v) is 11.7. The van der Waals surface area contributed by atoms with E-state index in [2.05, 4.69) is 58.6 Å². The van der Waals surface area contributed by atoms with Crippen LogP contribution in [0.25, 0.3) is 0 Å². The normalized spacial score (nSPS) is 23.2. The molecular weight excluding hydrogens is 410 g/mol. The van der Waals surface area contributed by atoms with Gasteiger partial charge in [-0.05, 0) is 48.9 Å². The molecule has 2 aliphatic rings. The molecule has 0 radical (unpaired) electrons. The lowest BCUT2D eigenvalue weighted by Crippen LogP contribution is -2.24. The summed E-state index contributed by atoms with van der Waals surface area (Å²) >= 11 is 3.68. The van der Waals surface area contributed by atoms with Gasteiger partial charge in [-0.25, -0.2) is 4.98 Å². The number of rotatable bonds is 4. The number of hydrogen-bond donors (Lipinski definition) is 1. The summed E-state index contributed by atoms with van der Waals surface area (Å²) in [5.74, 6) is 0.838. The molecule has 0 spiro atoms. The molecule has 2 aromatic heterocycles. The van der Waals surface area contributed by atoms with Crippen molar-refractivity contribution in [3.05, 3.63) is 78.8 Å². The average molecular weight is 432 g/mol. The summed E-state index contributed by atoms with van der Waals surface area (Å²) in [6.45, 7) is 2.10. The van der Waals surface area contributed by atoms with Gasteiger partial charge in [-0.3, -0.25) is 15.0 Å². The Labute approximate surface area is 184 Å². The molecule has 0 amide bonds. The summed E-state index contributed by atoms with van der Waals surface area (Å²) in [5.41, 5.74) is 4.54. The molecule has 5 nitrogen and oxygen atoms in total. The number of pyridine rings is 2. The van der Waals surface area contributed by atoms with E-state index >= 15 is 0 Å². The monoisotopic (exact) mass is 431 g/mol. The van der Waals surface area contributed by atoms with Gasteiger partial charge in [-0.2, -0.15) is 0 Å². The van der Waals surface area contributed by atoms with E-state index in [4.69, 9.17) is 9.98 Å². The number of nitrogens with zero attached hydrogens (tertiary/aromatic N) is 4. The molecule has 150 valence electrons. The number of hydrogen-bond acceptors (Lipinski definition) is 7. The van der Waals surface area contributed by atoms with Crippen LogP contribution in [-0.4, -0.2) is 32.1 Å². The maximum Gasteiger partial charge on any atom is 0.168 e. The second-order valence-corrected chi connectivity index (χ2v) is 9.59. The maximum absolute atomic E-state index is 5.12. The van der Waals surface area contributed by atoms with E-state index in [0.29, 0.717) is 5.25 Å². The zero-order valence-electron chi connectivity index (χ0n) is 16.5. The predicted molar refractivity (Wildman–Crippen MR) is 127 cm³/mol. The first kappa shape index (κ1) is 19.3. The fourth-order valence-corrected chi connectivity index (χ4v) is 6.12. The van der Waals surface area contributed by atoms with E-state index in [1.165, 1.54) is 16.2 Å². The van der Waals surface area contributed by atoms with E-state index in [1.54, 1.807) is 18.0 Å². The third-order valence-electron chi connectivity index (χ3n) is 5.08. The summed E-state index contributed by atoms with van der Waals surface area (Å²) in [4.78, 5) is 19.8. The van der Waals surface area contributed by atoms with Crippen molar-refractivity contribution < 1.29 is 0 Å². The molecule has 1 aromatic carbocycles. The number of thioether (sulfide) groups is 2. The topological polar surface area (TPSA) is 62.5 Å². The van der Waals surface area contributed by atoms with Crippen molar-refractivity contribution in [1.82, 2.24) is 9.97 Å². The molecule has 2 aliphatic heterocycles. The molecule has 30 heavy (non-hydrogen) atoms. The zero-order chi connectivity index (χ0) is 20.3. The highest BCUT2D eigenvalue weighted by Crippen LogP contribution is 2.46. The first-order valence-electron chi connectivity index (χ1n) is 9.86. The Kier molecular flexibility index (Phi) is 5.55. The largest absolute Gasteiger partial charge is 0.340 e. The summed E-state index contributed by atoms with van der Waals surface area (Å²) in [5, 5.41) is 3.87. The van der Waals surface area contributed by atoms with Gasteiger partial charge >= 0.3 is 0 Å². The van der Waals surface area contributed by atoms with Crippen molar-refractivity contribution >= 4 is 46.5 Å². The molecule has 5 rings (SSSR count). The Morgan fingerprint density at radius 3 is 2.63 bits per heavy atom.